The number of aliphatic imine (C=N–C) groups is 1. The molecule has 166 valence electrons. The molecule has 3 amide bonds. The van der Waals surface area contributed by atoms with Crippen molar-refractivity contribution < 1.29 is 24.3 Å². The second-order valence-electron chi connectivity index (χ2n) is 6.29. The van der Waals surface area contributed by atoms with E-state index in [1.165, 1.54) is 0 Å². The zero-order valence-corrected chi connectivity index (χ0v) is 16.4. The highest BCUT2D eigenvalue weighted by molar-refractivity contribution is 5.92. The summed E-state index contributed by atoms with van der Waals surface area (Å²) in [5, 5.41) is 15.5. The van der Waals surface area contributed by atoms with Crippen LogP contribution in [-0.2, 0) is 19.2 Å². The number of carboxylic acid groups (broad SMARTS) is 1. The van der Waals surface area contributed by atoms with E-state index in [-0.39, 0.29) is 18.9 Å². The predicted molar refractivity (Wildman–Crippen MR) is 106 cm³/mol. The van der Waals surface area contributed by atoms with Gasteiger partial charge in [0.05, 0.1) is 12.6 Å². The van der Waals surface area contributed by atoms with Crippen molar-refractivity contribution in [2.45, 2.75) is 44.2 Å². The third-order valence-corrected chi connectivity index (χ3v) is 3.74. The lowest BCUT2D eigenvalue weighted by molar-refractivity contribution is -0.138. The smallest absolute Gasteiger partial charge is 0.322 e. The summed E-state index contributed by atoms with van der Waals surface area (Å²) in [7, 11) is 0. The van der Waals surface area contributed by atoms with Crippen LogP contribution in [0, 0.1) is 0 Å². The minimum absolute atomic E-state index is 0.0907. The van der Waals surface area contributed by atoms with Crippen LogP contribution in [0.4, 0.5) is 0 Å². The SMILES string of the molecule is NCCCC[C@H](N)C(=O)N[C@@H](CCCN=C(N)N)C(=O)NCC(=O)NCC(=O)O. The van der Waals surface area contributed by atoms with Gasteiger partial charge in [0.1, 0.15) is 12.6 Å². The molecule has 0 aliphatic heterocycles. The van der Waals surface area contributed by atoms with Crippen molar-refractivity contribution in [3.63, 3.8) is 0 Å². The normalized spacial score (nSPS) is 12.3. The molecule has 0 aromatic rings. The van der Waals surface area contributed by atoms with Crippen LogP contribution in [0.5, 0.6) is 0 Å². The minimum Gasteiger partial charge on any atom is -0.480 e. The van der Waals surface area contributed by atoms with Gasteiger partial charge >= 0.3 is 5.97 Å². The molecule has 0 aromatic carbocycles. The quantitative estimate of drug-likeness (QED) is 0.0742. The Bertz CT molecular complexity index is 580. The Morgan fingerprint density at radius 1 is 0.931 bits per heavy atom. The Hall–Kier alpha value is -2.93. The maximum absolute atomic E-state index is 12.4. The second-order valence-corrected chi connectivity index (χ2v) is 6.29. The number of hydrogen-bond acceptors (Lipinski definition) is 7. The molecule has 0 spiro atoms. The van der Waals surface area contributed by atoms with E-state index in [0.717, 1.165) is 6.42 Å². The number of carbonyl (C=O) groups is 4. The lowest BCUT2D eigenvalue weighted by Gasteiger charge is -2.20. The number of carbonyl (C=O) groups excluding carboxylic acids is 3. The molecular weight excluding hydrogens is 384 g/mol. The third kappa shape index (κ3) is 13.8. The molecule has 0 heterocycles. The number of guanidine groups is 1. The lowest BCUT2D eigenvalue weighted by Crippen LogP contribution is -2.52. The molecule has 0 aromatic heterocycles. The van der Waals surface area contributed by atoms with Crippen LogP contribution in [0.3, 0.4) is 0 Å². The fourth-order valence-electron chi connectivity index (χ4n) is 2.22. The number of carboxylic acids is 1. The summed E-state index contributed by atoms with van der Waals surface area (Å²) >= 11 is 0. The van der Waals surface area contributed by atoms with E-state index in [4.69, 9.17) is 28.0 Å². The van der Waals surface area contributed by atoms with E-state index < -0.39 is 48.9 Å². The zero-order chi connectivity index (χ0) is 22.2. The maximum atomic E-state index is 12.4. The van der Waals surface area contributed by atoms with Crippen LogP contribution in [0.15, 0.2) is 4.99 Å². The first-order valence-corrected chi connectivity index (χ1v) is 9.25. The van der Waals surface area contributed by atoms with Gasteiger partial charge in [-0.05, 0) is 32.2 Å². The third-order valence-electron chi connectivity index (χ3n) is 3.74. The van der Waals surface area contributed by atoms with Gasteiger partial charge in [-0.3, -0.25) is 24.2 Å². The average molecular weight is 416 g/mol. The van der Waals surface area contributed by atoms with Gasteiger partial charge in [-0.25, -0.2) is 0 Å². The van der Waals surface area contributed by atoms with E-state index in [0.29, 0.717) is 25.8 Å². The summed E-state index contributed by atoms with van der Waals surface area (Å²) in [4.78, 5) is 50.4. The van der Waals surface area contributed by atoms with Crippen LogP contribution in [0.1, 0.15) is 32.1 Å². The van der Waals surface area contributed by atoms with Crippen LogP contribution in [0.25, 0.3) is 0 Å². The van der Waals surface area contributed by atoms with E-state index in [1.807, 2.05) is 0 Å². The van der Waals surface area contributed by atoms with Gasteiger partial charge in [-0.2, -0.15) is 0 Å². The highest BCUT2D eigenvalue weighted by Crippen LogP contribution is 2.02. The minimum atomic E-state index is -1.21. The summed E-state index contributed by atoms with van der Waals surface area (Å²) in [6.45, 7) is -0.252. The number of unbranched alkanes of at least 4 members (excludes halogenated alkanes) is 1. The topological polar surface area (TPSA) is 241 Å². The molecule has 0 unspecified atom stereocenters. The molecule has 29 heavy (non-hydrogen) atoms. The van der Waals surface area contributed by atoms with E-state index in [9.17, 15) is 19.2 Å². The summed E-state index contributed by atoms with van der Waals surface area (Å²) in [5.74, 6) is -3.09. The molecule has 13 heteroatoms. The molecule has 0 rings (SSSR count). The fraction of sp³-hybridized carbons (Fsp3) is 0.688. The number of rotatable bonds is 15. The van der Waals surface area contributed by atoms with Crippen LogP contribution in [-0.4, -0.2) is 73.0 Å². The van der Waals surface area contributed by atoms with Gasteiger partial charge in [-0.1, -0.05) is 6.42 Å². The van der Waals surface area contributed by atoms with Crippen molar-refractivity contribution in [2.75, 3.05) is 26.2 Å². The van der Waals surface area contributed by atoms with Gasteiger partial charge in [-0.15, -0.1) is 0 Å². The Balaban J connectivity index is 4.74. The van der Waals surface area contributed by atoms with Crippen molar-refractivity contribution in [1.29, 1.82) is 0 Å². The van der Waals surface area contributed by atoms with Crippen LogP contribution < -0.4 is 38.9 Å². The largest absolute Gasteiger partial charge is 0.480 e. The fourth-order valence-corrected chi connectivity index (χ4v) is 2.22. The zero-order valence-electron chi connectivity index (χ0n) is 16.4. The standard InChI is InChI=1S/C16H32N8O5/c17-6-2-1-4-10(18)14(28)24-11(5-3-7-21-16(19)20)15(29)23-8-12(25)22-9-13(26)27/h10-11H,1-9,17-18H2,(H,22,25)(H,23,29)(H,24,28)(H,26,27)(H4,19,20,21)/t10-,11-/m0/s1. The molecule has 0 aliphatic rings. The highest BCUT2D eigenvalue weighted by Gasteiger charge is 2.23. The van der Waals surface area contributed by atoms with Crippen molar-refractivity contribution in [3.05, 3.63) is 0 Å². The first kappa shape index (κ1) is 26.1. The lowest BCUT2D eigenvalue weighted by atomic mass is 10.1. The molecular formula is C16H32N8O5. The maximum Gasteiger partial charge on any atom is 0.322 e. The second kappa shape index (κ2) is 15.0. The Morgan fingerprint density at radius 3 is 2.21 bits per heavy atom. The summed E-state index contributed by atoms with van der Waals surface area (Å²) in [5.41, 5.74) is 21.7. The highest BCUT2D eigenvalue weighted by atomic mass is 16.4. The summed E-state index contributed by atoms with van der Waals surface area (Å²) in [6, 6.07) is -1.75. The number of amides is 3. The van der Waals surface area contributed by atoms with Gasteiger partial charge < -0.3 is 44.0 Å². The van der Waals surface area contributed by atoms with Crippen molar-refractivity contribution in [1.82, 2.24) is 16.0 Å². The van der Waals surface area contributed by atoms with Gasteiger partial charge in [0.25, 0.3) is 0 Å². The van der Waals surface area contributed by atoms with Gasteiger partial charge in [0.2, 0.25) is 17.7 Å². The predicted octanol–water partition coefficient (Wildman–Crippen LogP) is -3.70. The molecule has 0 radical (unpaired) electrons. The number of hydrogen-bond donors (Lipinski definition) is 8. The molecule has 12 N–H and O–H groups in total. The van der Waals surface area contributed by atoms with E-state index >= 15 is 0 Å². The van der Waals surface area contributed by atoms with E-state index in [1.54, 1.807) is 0 Å². The molecule has 0 fully saturated rings. The monoisotopic (exact) mass is 416 g/mol. The molecule has 0 aliphatic carbocycles. The summed E-state index contributed by atoms with van der Waals surface area (Å²) in [6.07, 6.45) is 2.43. The van der Waals surface area contributed by atoms with Gasteiger partial charge in [0.15, 0.2) is 5.96 Å². The van der Waals surface area contributed by atoms with Crippen LogP contribution >= 0.6 is 0 Å². The first-order chi connectivity index (χ1) is 13.7. The molecule has 13 nitrogen and oxygen atoms in total. The van der Waals surface area contributed by atoms with Crippen molar-refractivity contribution in [3.8, 4) is 0 Å². The number of nitrogens with two attached hydrogens (primary N) is 4. The van der Waals surface area contributed by atoms with E-state index in [2.05, 4.69) is 20.9 Å². The Labute approximate surface area is 169 Å². The first-order valence-electron chi connectivity index (χ1n) is 9.25. The molecule has 0 saturated heterocycles. The van der Waals surface area contributed by atoms with Crippen molar-refractivity contribution >= 4 is 29.7 Å². The average Bonchev–Trinajstić information content (AvgIpc) is 2.66. The Kier molecular flexibility index (Phi) is 13.5. The number of nitrogens with one attached hydrogen (secondary N) is 3. The molecule has 0 saturated carbocycles. The molecule has 0 bridgehead atoms. The Morgan fingerprint density at radius 2 is 1.62 bits per heavy atom. The summed E-state index contributed by atoms with van der Waals surface area (Å²) < 4.78 is 0. The number of aliphatic carboxylic acids is 1. The number of nitrogens with zero attached hydrogens (tertiary/aromatic N) is 1. The van der Waals surface area contributed by atoms with Crippen LogP contribution in [0.2, 0.25) is 0 Å². The molecule has 2 atom stereocenters. The van der Waals surface area contributed by atoms with Crippen molar-refractivity contribution in [2.24, 2.45) is 27.9 Å². The van der Waals surface area contributed by atoms with Gasteiger partial charge in [0, 0.05) is 6.54 Å².